The molecular formula is C16H25NO3. The first-order valence-electron chi connectivity index (χ1n) is 7.08. The molecule has 1 rings (SSSR count). The monoisotopic (exact) mass is 279 g/mol. The zero-order valence-electron chi connectivity index (χ0n) is 13.0. The minimum Gasteiger partial charge on any atom is -0.479 e. The van der Waals surface area contributed by atoms with Crippen LogP contribution in [0.4, 0.5) is 0 Å². The van der Waals surface area contributed by atoms with Crippen LogP contribution < -0.4 is 10.1 Å². The van der Waals surface area contributed by atoms with Crippen molar-refractivity contribution >= 4 is 5.97 Å². The van der Waals surface area contributed by atoms with E-state index < -0.39 is 6.10 Å². The molecule has 0 saturated heterocycles. The van der Waals surface area contributed by atoms with Crippen molar-refractivity contribution in [2.45, 2.75) is 46.3 Å². The lowest BCUT2D eigenvalue weighted by molar-refractivity contribution is -0.147. The zero-order chi connectivity index (χ0) is 15.1. The summed E-state index contributed by atoms with van der Waals surface area (Å²) in [6.07, 6.45) is 0.462. The number of methoxy groups -OCH3 is 1. The average molecular weight is 279 g/mol. The lowest BCUT2D eigenvalue weighted by Gasteiger charge is -2.20. The van der Waals surface area contributed by atoms with Crippen LogP contribution in [0.25, 0.3) is 0 Å². The lowest BCUT2D eigenvalue weighted by atomic mass is 10.0. The van der Waals surface area contributed by atoms with Crippen LogP contribution in [0, 0.1) is 6.92 Å². The molecule has 0 aromatic heterocycles. The number of ether oxygens (including phenoxy) is 2. The number of rotatable bonds is 7. The summed E-state index contributed by atoms with van der Waals surface area (Å²) in [4.78, 5) is 11.5. The van der Waals surface area contributed by atoms with Gasteiger partial charge in [-0.3, -0.25) is 0 Å². The summed E-state index contributed by atoms with van der Waals surface area (Å²) >= 11 is 0. The second kappa shape index (κ2) is 7.90. The highest BCUT2D eigenvalue weighted by atomic mass is 16.6. The molecular weight excluding hydrogens is 254 g/mol. The molecule has 1 aromatic carbocycles. The van der Waals surface area contributed by atoms with Crippen LogP contribution in [0.5, 0.6) is 5.75 Å². The van der Waals surface area contributed by atoms with E-state index in [1.807, 2.05) is 19.1 Å². The van der Waals surface area contributed by atoms with Crippen LogP contribution in [-0.2, 0) is 9.53 Å². The van der Waals surface area contributed by atoms with Gasteiger partial charge in [-0.2, -0.15) is 0 Å². The number of carbonyl (C=O) groups excluding carboxylic acids is 1. The number of esters is 1. The second-order valence-electron chi connectivity index (χ2n) is 5.00. The summed E-state index contributed by atoms with van der Waals surface area (Å²) in [7, 11) is 1.37. The largest absolute Gasteiger partial charge is 0.479 e. The number of hydrogen-bond acceptors (Lipinski definition) is 4. The van der Waals surface area contributed by atoms with E-state index in [0.29, 0.717) is 0 Å². The maximum absolute atomic E-state index is 11.5. The summed E-state index contributed by atoms with van der Waals surface area (Å²) < 4.78 is 10.5. The third-order valence-corrected chi connectivity index (χ3v) is 3.17. The summed E-state index contributed by atoms with van der Waals surface area (Å²) in [6, 6.07) is 6.23. The van der Waals surface area contributed by atoms with Crippen molar-refractivity contribution < 1.29 is 14.3 Å². The van der Waals surface area contributed by atoms with Gasteiger partial charge in [0.15, 0.2) is 6.10 Å². The first-order chi connectivity index (χ1) is 9.49. The van der Waals surface area contributed by atoms with Crippen LogP contribution in [0.2, 0.25) is 0 Å². The van der Waals surface area contributed by atoms with Crippen LogP contribution in [0.15, 0.2) is 18.2 Å². The first kappa shape index (κ1) is 16.5. The Morgan fingerprint density at radius 3 is 2.65 bits per heavy atom. The number of benzene rings is 1. The van der Waals surface area contributed by atoms with Gasteiger partial charge in [0.2, 0.25) is 0 Å². The Kier molecular flexibility index (Phi) is 6.52. The predicted molar refractivity (Wildman–Crippen MR) is 80.0 cm³/mol. The molecule has 0 aliphatic carbocycles. The van der Waals surface area contributed by atoms with Gasteiger partial charge < -0.3 is 14.8 Å². The van der Waals surface area contributed by atoms with E-state index in [9.17, 15) is 4.79 Å². The molecule has 0 heterocycles. The lowest BCUT2D eigenvalue weighted by Crippen LogP contribution is -2.26. The Morgan fingerprint density at radius 2 is 2.05 bits per heavy atom. The van der Waals surface area contributed by atoms with Gasteiger partial charge in [-0.1, -0.05) is 19.1 Å². The van der Waals surface area contributed by atoms with Gasteiger partial charge >= 0.3 is 5.97 Å². The smallest absolute Gasteiger partial charge is 0.346 e. The minimum absolute atomic E-state index is 0.176. The van der Waals surface area contributed by atoms with Crippen molar-refractivity contribution in [1.29, 1.82) is 0 Å². The van der Waals surface area contributed by atoms with Gasteiger partial charge in [0.1, 0.15) is 5.75 Å². The molecule has 0 aliphatic heterocycles. The van der Waals surface area contributed by atoms with Crippen molar-refractivity contribution in [2.75, 3.05) is 13.7 Å². The molecule has 20 heavy (non-hydrogen) atoms. The molecule has 0 radical (unpaired) electrons. The molecule has 0 aliphatic rings. The zero-order valence-corrected chi connectivity index (χ0v) is 13.0. The van der Waals surface area contributed by atoms with Crippen LogP contribution in [0.3, 0.4) is 0 Å². The normalized spacial score (nSPS) is 13.7. The molecule has 0 saturated carbocycles. The second-order valence-corrected chi connectivity index (χ2v) is 5.00. The molecule has 4 nitrogen and oxygen atoms in total. The molecule has 0 fully saturated rings. The van der Waals surface area contributed by atoms with Crippen molar-refractivity contribution in [3.8, 4) is 5.75 Å². The van der Waals surface area contributed by atoms with Gasteiger partial charge in [-0.15, -0.1) is 0 Å². The average Bonchev–Trinajstić information content (AvgIpc) is 2.43. The Balaban J connectivity index is 2.92. The number of aryl methyl sites for hydroxylation is 1. The fraction of sp³-hybridized carbons (Fsp3) is 0.562. The van der Waals surface area contributed by atoms with E-state index >= 15 is 0 Å². The van der Waals surface area contributed by atoms with Crippen LogP contribution in [-0.4, -0.2) is 25.7 Å². The van der Waals surface area contributed by atoms with E-state index in [1.165, 1.54) is 7.11 Å². The molecule has 0 spiro atoms. The quantitative estimate of drug-likeness (QED) is 0.779. The molecule has 0 amide bonds. The van der Waals surface area contributed by atoms with Crippen molar-refractivity contribution in [3.05, 3.63) is 29.3 Å². The van der Waals surface area contributed by atoms with E-state index in [-0.39, 0.29) is 12.0 Å². The highest BCUT2D eigenvalue weighted by Gasteiger charge is 2.18. The fourth-order valence-electron chi connectivity index (χ4n) is 1.98. The highest BCUT2D eigenvalue weighted by molar-refractivity contribution is 5.74. The summed E-state index contributed by atoms with van der Waals surface area (Å²) in [5, 5.41) is 3.43. The van der Waals surface area contributed by atoms with Gasteiger partial charge in [-0.25, -0.2) is 4.79 Å². The fourth-order valence-corrected chi connectivity index (χ4v) is 1.98. The van der Waals surface area contributed by atoms with Crippen molar-refractivity contribution in [3.63, 3.8) is 0 Å². The van der Waals surface area contributed by atoms with E-state index in [4.69, 9.17) is 9.47 Å². The molecule has 1 aromatic rings. The molecule has 1 N–H and O–H groups in total. The van der Waals surface area contributed by atoms with E-state index in [2.05, 4.69) is 25.2 Å². The summed E-state index contributed by atoms with van der Waals surface area (Å²) in [6.45, 7) is 8.87. The SMILES string of the molecule is CCCNC(C)c1ccc(C)cc1OC(C)C(=O)OC. The Bertz CT molecular complexity index is 445. The van der Waals surface area contributed by atoms with E-state index in [0.717, 1.165) is 29.8 Å². The Hall–Kier alpha value is -1.55. The molecule has 2 unspecified atom stereocenters. The topological polar surface area (TPSA) is 47.6 Å². The van der Waals surface area contributed by atoms with E-state index in [1.54, 1.807) is 6.92 Å². The molecule has 0 bridgehead atoms. The van der Waals surface area contributed by atoms with Gasteiger partial charge in [0.05, 0.1) is 7.11 Å². The van der Waals surface area contributed by atoms with Gasteiger partial charge in [0, 0.05) is 11.6 Å². The minimum atomic E-state index is -0.612. The highest BCUT2D eigenvalue weighted by Crippen LogP contribution is 2.27. The van der Waals surface area contributed by atoms with Crippen molar-refractivity contribution in [1.82, 2.24) is 5.32 Å². The third kappa shape index (κ3) is 4.53. The molecule has 2 atom stereocenters. The van der Waals surface area contributed by atoms with Gasteiger partial charge in [0.25, 0.3) is 0 Å². The number of hydrogen-bond donors (Lipinski definition) is 1. The molecule has 112 valence electrons. The number of nitrogens with one attached hydrogen (secondary N) is 1. The van der Waals surface area contributed by atoms with Gasteiger partial charge in [-0.05, 0) is 45.4 Å². The Morgan fingerprint density at radius 1 is 1.35 bits per heavy atom. The van der Waals surface area contributed by atoms with Crippen LogP contribution in [0.1, 0.15) is 44.4 Å². The third-order valence-electron chi connectivity index (χ3n) is 3.17. The Labute approximate surface area is 121 Å². The standard InChI is InChI=1S/C16H25NO3/c1-6-9-17-12(3)14-8-7-11(2)10-15(14)20-13(4)16(18)19-5/h7-8,10,12-13,17H,6,9H2,1-5H3. The first-order valence-corrected chi connectivity index (χ1v) is 7.08. The molecule has 4 heteroatoms. The summed E-state index contributed by atoms with van der Waals surface area (Å²) in [5.74, 6) is 0.366. The van der Waals surface area contributed by atoms with Crippen LogP contribution >= 0.6 is 0 Å². The maximum Gasteiger partial charge on any atom is 0.346 e. The number of carbonyl (C=O) groups is 1. The van der Waals surface area contributed by atoms with Crippen molar-refractivity contribution in [2.24, 2.45) is 0 Å². The predicted octanol–water partition coefficient (Wildman–Crippen LogP) is 3.00. The maximum atomic E-state index is 11.5. The summed E-state index contributed by atoms with van der Waals surface area (Å²) in [5.41, 5.74) is 2.16.